The standard InChI is InChI=1S/C21H15N5O7/c1-13(27)24-21(33-20(23-24)15-3-2-10-22-12-15)14-4-7-17(8-5-14)32-19-9-6-16(25(28)29)11-18(19)26(30)31/h2-12,21H,1H3. The molecule has 1 aliphatic heterocycles. The van der Waals surface area contributed by atoms with Crippen LogP contribution in [0.5, 0.6) is 11.5 Å². The number of non-ortho nitro benzene ring substituents is 1. The highest BCUT2D eigenvalue weighted by Gasteiger charge is 2.33. The average Bonchev–Trinajstić information content (AvgIpc) is 3.26. The van der Waals surface area contributed by atoms with E-state index in [-0.39, 0.29) is 23.3 Å². The van der Waals surface area contributed by atoms with Gasteiger partial charge in [0.15, 0.2) is 0 Å². The van der Waals surface area contributed by atoms with Crippen molar-refractivity contribution in [3.8, 4) is 11.5 Å². The first-order valence-electron chi connectivity index (χ1n) is 9.49. The number of carbonyl (C=O) groups excluding carboxylic acids is 1. The molecule has 1 atom stereocenters. The van der Waals surface area contributed by atoms with Crippen molar-refractivity contribution < 1.29 is 24.1 Å². The number of hydrazone groups is 1. The Kier molecular flexibility index (Phi) is 5.64. The van der Waals surface area contributed by atoms with Gasteiger partial charge in [0.1, 0.15) is 5.75 Å². The summed E-state index contributed by atoms with van der Waals surface area (Å²) in [4.78, 5) is 36.8. The van der Waals surface area contributed by atoms with Gasteiger partial charge in [-0.05, 0) is 42.5 Å². The van der Waals surface area contributed by atoms with E-state index in [0.29, 0.717) is 11.1 Å². The van der Waals surface area contributed by atoms with Crippen LogP contribution in [0.4, 0.5) is 11.4 Å². The topological polar surface area (TPSA) is 150 Å². The predicted molar refractivity (Wildman–Crippen MR) is 113 cm³/mol. The lowest BCUT2D eigenvalue weighted by atomic mass is 10.2. The van der Waals surface area contributed by atoms with Crippen LogP contribution in [0, 0.1) is 20.2 Å². The summed E-state index contributed by atoms with van der Waals surface area (Å²) in [5.41, 5.74) is 0.233. The number of pyridine rings is 1. The number of hydrogen-bond donors (Lipinski definition) is 0. The quantitative estimate of drug-likeness (QED) is 0.406. The SMILES string of the molecule is CC(=O)N1N=C(c2cccnc2)OC1c1ccc(Oc2ccc([N+](=O)[O-])cc2[N+](=O)[O-])cc1. The number of ether oxygens (including phenoxy) is 2. The van der Waals surface area contributed by atoms with E-state index in [1.807, 2.05) is 0 Å². The molecular weight excluding hydrogens is 434 g/mol. The number of hydrogen-bond acceptors (Lipinski definition) is 9. The summed E-state index contributed by atoms with van der Waals surface area (Å²) in [6.45, 7) is 1.36. The fourth-order valence-electron chi connectivity index (χ4n) is 3.07. The minimum atomic E-state index is -0.819. The lowest BCUT2D eigenvalue weighted by Crippen LogP contribution is -2.25. The van der Waals surface area contributed by atoms with Crippen molar-refractivity contribution in [2.24, 2.45) is 5.10 Å². The molecule has 4 rings (SSSR count). The average molecular weight is 449 g/mol. The van der Waals surface area contributed by atoms with Crippen molar-refractivity contribution in [1.29, 1.82) is 0 Å². The molecule has 0 bridgehead atoms. The number of rotatable bonds is 6. The van der Waals surface area contributed by atoms with Gasteiger partial charge in [-0.1, -0.05) is 0 Å². The van der Waals surface area contributed by atoms with Crippen LogP contribution in [0.3, 0.4) is 0 Å². The maximum atomic E-state index is 12.1. The Morgan fingerprint density at radius 3 is 2.45 bits per heavy atom. The lowest BCUT2D eigenvalue weighted by molar-refractivity contribution is -0.394. The normalized spacial score (nSPS) is 14.9. The van der Waals surface area contributed by atoms with E-state index in [1.165, 1.54) is 24.1 Å². The molecule has 0 fully saturated rings. The predicted octanol–water partition coefficient (Wildman–Crippen LogP) is 3.93. The summed E-state index contributed by atoms with van der Waals surface area (Å²) >= 11 is 0. The molecular formula is C21H15N5O7. The molecule has 1 aliphatic rings. The van der Waals surface area contributed by atoms with E-state index in [0.717, 1.165) is 18.2 Å². The summed E-state index contributed by atoms with van der Waals surface area (Å²) in [5, 5.41) is 27.6. The van der Waals surface area contributed by atoms with Crippen LogP contribution >= 0.6 is 0 Å². The van der Waals surface area contributed by atoms with Crippen molar-refractivity contribution in [3.63, 3.8) is 0 Å². The third kappa shape index (κ3) is 4.44. The van der Waals surface area contributed by atoms with Crippen LogP contribution in [0.1, 0.15) is 24.3 Å². The van der Waals surface area contributed by atoms with E-state index in [9.17, 15) is 25.0 Å². The van der Waals surface area contributed by atoms with Gasteiger partial charge in [0.25, 0.3) is 5.69 Å². The zero-order chi connectivity index (χ0) is 23.5. The Labute approximate surface area is 186 Å². The van der Waals surface area contributed by atoms with Gasteiger partial charge >= 0.3 is 5.69 Å². The van der Waals surface area contributed by atoms with Gasteiger partial charge in [0.2, 0.25) is 23.8 Å². The number of amides is 1. The summed E-state index contributed by atoms with van der Waals surface area (Å²) in [6.07, 6.45) is 2.35. The molecule has 0 spiro atoms. The van der Waals surface area contributed by atoms with Crippen LogP contribution in [-0.2, 0) is 9.53 Å². The molecule has 12 nitrogen and oxygen atoms in total. The van der Waals surface area contributed by atoms with Crippen LogP contribution in [0.15, 0.2) is 72.1 Å². The summed E-state index contributed by atoms with van der Waals surface area (Å²) < 4.78 is 11.4. The largest absolute Gasteiger partial charge is 0.450 e. The summed E-state index contributed by atoms with van der Waals surface area (Å²) in [7, 11) is 0. The van der Waals surface area contributed by atoms with Crippen molar-refractivity contribution in [3.05, 3.63) is 98.3 Å². The lowest BCUT2D eigenvalue weighted by Gasteiger charge is -2.19. The fraction of sp³-hybridized carbons (Fsp3) is 0.0952. The minimum Gasteiger partial charge on any atom is -0.450 e. The van der Waals surface area contributed by atoms with Gasteiger partial charge in [-0.15, -0.1) is 5.10 Å². The molecule has 3 aromatic rings. The first-order chi connectivity index (χ1) is 15.8. The van der Waals surface area contributed by atoms with E-state index in [1.54, 1.807) is 36.7 Å². The first-order valence-corrected chi connectivity index (χ1v) is 9.49. The van der Waals surface area contributed by atoms with Crippen molar-refractivity contribution in [2.75, 3.05) is 0 Å². The number of nitrogens with zero attached hydrogens (tertiary/aromatic N) is 5. The van der Waals surface area contributed by atoms with Crippen LogP contribution in [0.2, 0.25) is 0 Å². The molecule has 166 valence electrons. The van der Waals surface area contributed by atoms with Crippen molar-refractivity contribution >= 4 is 23.2 Å². The van der Waals surface area contributed by atoms with E-state index in [4.69, 9.17) is 9.47 Å². The monoisotopic (exact) mass is 449 g/mol. The molecule has 12 heteroatoms. The maximum absolute atomic E-state index is 12.1. The van der Waals surface area contributed by atoms with Gasteiger partial charge in [-0.2, -0.15) is 5.01 Å². The second kappa shape index (κ2) is 8.70. The number of aromatic nitrogens is 1. The molecule has 0 N–H and O–H groups in total. The Morgan fingerprint density at radius 1 is 1.09 bits per heavy atom. The molecule has 0 saturated carbocycles. The number of carbonyl (C=O) groups is 1. The number of nitro benzene ring substituents is 2. The number of nitro groups is 2. The molecule has 1 aromatic heterocycles. The van der Waals surface area contributed by atoms with Gasteiger partial charge in [-0.25, -0.2) is 0 Å². The highest BCUT2D eigenvalue weighted by molar-refractivity contribution is 5.96. The molecule has 33 heavy (non-hydrogen) atoms. The van der Waals surface area contributed by atoms with Crippen LogP contribution in [-0.4, -0.2) is 31.6 Å². The van der Waals surface area contributed by atoms with Gasteiger partial charge in [-0.3, -0.25) is 30.0 Å². The highest BCUT2D eigenvalue weighted by atomic mass is 16.6. The van der Waals surface area contributed by atoms with Gasteiger partial charge < -0.3 is 9.47 Å². The fourth-order valence-corrected chi connectivity index (χ4v) is 3.07. The van der Waals surface area contributed by atoms with E-state index in [2.05, 4.69) is 10.1 Å². The Hall–Kier alpha value is -4.87. The third-order valence-corrected chi connectivity index (χ3v) is 4.62. The van der Waals surface area contributed by atoms with Gasteiger partial charge in [0, 0.05) is 30.9 Å². The summed E-state index contributed by atoms with van der Waals surface area (Å²) in [6, 6.07) is 12.9. The zero-order valence-corrected chi connectivity index (χ0v) is 17.0. The second-order valence-corrected chi connectivity index (χ2v) is 6.82. The van der Waals surface area contributed by atoms with E-state index >= 15 is 0 Å². The molecule has 0 saturated heterocycles. The Balaban J connectivity index is 1.56. The highest BCUT2D eigenvalue weighted by Crippen LogP contribution is 2.36. The van der Waals surface area contributed by atoms with Crippen molar-refractivity contribution in [2.45, 2.75) is 13.2 Å². The van der Waals surface area contributed by atoms with Crippen LogP contribution < -0.4 is 4.74 Å². The molecule has 1 unspecified atom stereocenters. The molecule has 0 aliphatic carbocycles. The third-order valence-electron chi connectivity index (χ3n) is 4.62. The first kappa shape index (κ1) is 21.4. The maximum Gasteiger partial charge on any atom is 0.318 e. The van der Waals surface area contributed by atoms with Gasteiger partial charge in [0.05, 0.1) is 21.5 Å². The Bertz CT molecular complexity index is 1260. The molecule has 0 radical (unpaired) electrons. The zero-order valence-electron chi connectivity index (χ0n) is 17.0. The smallest absolute Gasteiger partial charge is 0.318 e. The molecule has 2 heterocycles. The molecule has 2 aromatic carbocycles. The summed E-state index contributed by atoms with van der Waals surface area (Å²) in [5.74, 6) is 0.00496. The Morgan fingerprint density at radius 2 is 1.85 bits per heavy atom. The molecule has 1 amide bonds. The number of benzene rings is 2. The minimum absolute atomic E-state index is 0.150. The second-order valence-electron chi connectivity index (χ2n) is 6.82. The van der Waals surface area contributed by atoms with E-state index < -0.39 is 27.4 Å². The van der Waals surface area contributed by atoms with Crippen molar-refractivity contribution in [1.82, 2.24) is 9.99 Å². The van der Waals surface area contributed by atoms with Crippen LogP contribution in [0.25, 0.3) is 0 Å².